The number of nitrogens with zero attached hydrogens (tertiary/aromatic N) is 3. The van der Waals surface area contributed by atoms with Crippen molar-refractivity contribution in [2.24, 2.45) is 0 Å². The van der Waals surface area contributed by atoms with E-state index in [4.69, 9.17) is 9.47 Å². The molecule has 0 aliphatic rings. The van der Waals surface area contributed by atoms with E-state index in [2.05, 4.69) is 28.8 Å². The van der Waals surface area contributed by atoms with Crippen molar-refractivity contribution in [3.63, 3.8) is 0 Å². The molecule has 1 heterocycles. The SMILES string of the molecule is COc1ccccc1OCCN(C)[C@@H](C)Cc1cnccn1. The van der Waals surface area contributed by atoms with Crippen LogP contribution in [-0.2, 0) is 6.42 Å². The van der Waals surface area contributed by atoms with Gasteiger partial charge in [0.1, 0.15) is 6.61 Å². The van der Waals surface area contributed by atoms with Crippen LogP contribution in [0.1, 0.15) is 12.6 Å². The van der Waals surface area contributed by atoms with E-state index in [-0.39, 0.29) is 0 Å². The Labute approximate surface area is 131 Å². The van der Waals surface area contributed by atoms with Gasteiger partial charge in [-0.15, -0.1) is 0 Å². The lowest BCUT2D eigenvalue weighted by molar-refractivity contribution is 0.194. The third-order valence-electron chi connectivity index (χ3n) is 3.64. The molecular weight excluding hydrogens is 278 g/mol. The molecule has 22 heavy (non-hydrogen) atoms. The van der Waals surface area contributed by atoms with E-state index in [1.54, 1.807) is 19.5 Å². The molecule has 0 aliphatic heterocycles. The van der Waals surface area contributed by atoms with Gasteiger partial charge in [-0.05, 0) is 26.1 Å². The molecule has 0 bridgehead atoms. The average molecular weight is 301 g/mol. The van der Waals surface area contributed by atoms with Gasteiger partial charge in [0.15, 0.2) is 11.5 Å². The smallest absolute Gasteiger partial charge is 0.161 e. The van der Waals surface area contributed by atoms with E-state index in [1.807, 2.05) is 30.5 Å². The molecule has 1 atom stereocenters. The van der Waals surface area contributed by atoms with Crippen LogP contribution >= 0.6 is 0 Å². The Kier molecular flexibility index (Phi) is 6.15. The van der Waals surface area contributed by atoms with Crippen molar-refractivity contribution in [3.05, 3.63) is 48.5 Å². The second kappa shape index (κ2) is 8.34. The zero-order valence-electron chi connectivity index (χ0n) is 13.4. The first-order valence-electron chi connectivity index (χ1n) is 7.41. The van der Waals surface area contributed by atoms with Crippen LogP contribution in [0.3, 0.4) is 0 Å². The van der Waals surface area contributed by atoms with Crippen LogP contribution in [0.4, 0.5) is 0 Å². The van der Waals surface area contributed by atoms with Gasteiger partial charge in [0, 0.05) is 37.6 Å². The van der Waals surface area contributed by atoms with Crippen molar-refractivity contribution in [1.82, 2.24) is 14.9 Å². The number of para-hydroxylation sites is 2. The number of rotatable bonds is 8. The molecule has 0 N–H and O–H groups in total. The summed E-state index contributed by atoms with van der Waals surface area (Å²) in [6.45, 7) is 3.62. The summed E-state index contributed by atoms with van der Waals surface area (Å²) in [5, 5.41) is 0. The van der Waals surface area contributed by atoms with E-state index >= 15 is 0 Å². The van der Waals surface area contributed by atoms with E-state index < -0.39 is 0 Å². The quantitative estimate of drug-likeness (QED) is 0.749. The highest BCUT2D eigenvalue weighted by Crippen LogP contribution is 2.25. The molecule has 0 saturated heterocycles. The van der Waals surface area contributed by atoms with E-state index in [1.165, 1.54) is 0 Å². The Hall–Kier alpha value is -2.14. The number of methoxy groups -OCH3 is 1. The summed E-state index contributed by atoms with van der Waals surface area (Å²) in [5.41, 5.74) is 1.01. The predicted octanol–water partition coefficient (Wildman–Crippen LogP) is 2.43. The highest BCUT2D eigenvalue weighted by molar-refractivity contribution is 5.39. The predicted molar refractivity (Wildman–Crippen MR) is 86.3 cm³/mol. The normalized spacial score (nSPS) is 12.2. The summed E-state index contributed by atoms with van der Waals surface area (Å²) in [4.78, 5) is 10.7. The van der Waals surface area contributed by atoms with Gasteiger partial charge >= 0.3 is 0 Å². The third-order valence-corrected chi connectivity index (χ3v) is 3.64. The minimum absolute atomic E-state index is 0.373. The van der Waals surface area contributed by atoms with Crippen LogP contribution in [0.5, 0.6) is 11.5 Å². The van der Waals surface area contributed by atoms with Crippen molar-refractivity contribution in [2.75, 3.05) is 27.3 Å². The van der Waals surface area contributed by atoms with Crippen LogP contribution in [0.15, 0.2) is 42.9 Å². The zero-order chi connectivity index (χ0) is 15.8. The highest BCUT2D eigenvalue weighted by Gasteiger charge is 2.11. The van der Waals surface area contributed by atoms with Crippen LogP contribution in [0, 0.1) is 0 Å². The van der Waals surface area contributed by atoms with Crippen LogP contribution in [-0.4, -0.2) is 48.2 Å². The van der Waals surface area contributed by atoms with E-state index in [9.17, 15) is 0 Å². The number of likely N-dealkylation sites (N-methyl/N-ethyl adjacent to an activating group) is 1. The van der Waals surface area contributed by atoms with Crippen molar-refractivity contribution in [1.29, 1.82) is 0 Å². The summed E-state index contributed by atoms with van der Waals surface area (Å²) < 4.78 is 11.1. The lowest BCUT2D eigenvalue weighted by atomic mass is 10.1. The molecule has 0 saturated carbocycles. The molecule has 0 unspecified atom stereocenters. The molecule has 5 nitrogen and oxygen atoms in total. The van der Waals surface area contributed by atoms with Gasteiger partial charge in [-0.2, -0.15) is 0 Å². The zero-order valence-corrected chi connectivity index (χ0v) is 13.4. The maximum Gasteiger partial charge on any atom is 0.161 e. The molecule has 0 spiro atoms. The molecule has 0 radical (unpaired) electrons. The van der Waals surface area contributed by atoms with Crippen molar-refractivity contribution in [3.8, 4) is 11.5 Å². The average Bonchev–Trinajstić information content (AvgIpc) is 2.56. The monoisotopic (exact) mass is 301 g/mol. The van der Waals surface area contributed by atoms with Crippen LogP contribution in [0.25, 0.3) is 0 Å². The van der Waals surface area contributed by atoms with Crippen LogP contribution < -0.4 is 9.47 Å². The molecule has 0 amide bonds. The number of hydrogen-bond acceptors (Lipinski definition) is 5. The van der Waals surface area contributed by atoms with Gasteiger partial charge in [0.05, 0.1) is 12.8 Å². The Bertz CT molecular complexity index is 563. The number of benzene rings is 1. The van der Waals surface area contributed by atoms with Gasteiger partial charge < -0.3 is 9.47 Å². The lowest BCUT2D eigenvalue weighted by Gasteiger charge is -2.24. The molecule has 5 heteroatoms. The van der Waals surface area contributed by atoms with Gasteiger partial charge in [-0.25, -0.2) is 0 Å². The minimum Gasteiger partial charge on any atom is -0.493 e. The fraction of sp³-hybridized carbons (Fsp3) is 0.412. The summed E-state index contributed by atoms with van der Waals surface area (Å²) in [5.74, 6) is 1.54. The lowest BCUT2D eigenvalue weighted by Crippen LogP contribution is -2.34. The van der Waals surface area contributed by atoms with Gasteiger partial charge in [0.2, 0.25) is 0 Å². The largest absolute Gasteiger partial charge is 0.493 e. The first-order valence-corrected chi connectivity index (χ1v) is 7.41. The van der Waals surface area contributed by atoms with E-state index in [0.717, 1.165) is 30.2 Å². The van der Waals surface area contributed by atoms with Crippen molar-refractivity contribution in [2.45, 2.75) is 19.4 Å². The topological polar surface area (TPSA) is 47.5 Å². The molecule has 118 valence electrons. The first kappa shape index (κ1) is 16.2. The second-order valence-electron chi connectivity index (χ2n) is 5.23. The second-order valence-corrected chi connectivity index (χ2v) is 5.23. The summed E-state index contributed by atoms with van der Waals surface area (Å²) in [7, 11) is 3.74. The fourth-order valence-electron chi connectivity index (χ4n) is 2.15. The van der Waals surface area contributed by atoms with E-state index in [0.29, 0.717) is 12.6 Å². The minimum atomic E-state index is 0.373. The molecular formula is C17H23N3O2. The van der Waals surface area contributed by atoms with Crippen LogP contribution in [0.2, 0.25) is 0 Å². The summed E-state index contributed by atoms with van der Waals surface area (Å²) in [6.07, 6.45) is 6.11. The van der Waals surface area contributed by atoms with Crippen molar-refractivity contribution < 1.29 is 9.47 Å². The molecule has 2 rings (SSSR count). The molecule has 0 fully saturated rings. The molecule has 1 aromatic carbocycles. The van der Waals surface area contributed by atoms with Crippen molar-refractivity contribution >= 4 is 0 Å². The fourth-order valence-corrected chi connectivity index (χ4v) is 2.15. The molecule has 0 aliphatic carbocycles. The Balaban J connectivity index is 1.78. The Morgan fingerprint density at radius 2 is 1.95 bits per heavy atom. The number of hydrogen-bond donors (Lipinski definition) is 0. The molecule has 2 aromatic rings. The Morgan fingerprint density at radius 1 is 1.18 bits per heavy atom. The number of aromatic nitrogens is 2. The van der Waals surface area contributed by atoms with Gasteiger partial charge in [-0.1, -0.05) is 12.1 Å². The maximum absolute atomic E-state index is 5.80. The highest BCUT2D eigenvalue weighted by atomic mass is 16.5. The number of ether oxygens (including phenoxy) is 2. The van der Waals surface area contributed by atoms with Gasteiger partial charge in [0.25, 0.3) is 0 Å². The third kappa shape index (κ3) is 4.70. The summed E-state index contributed by atoms with van der Waals surface area (Å²) in [6, 6.07) is 8.06. The molecule has 1 aromatic heterocycles. The van der Waals surface area contributed by atoms with Gasteiger partial charge in [-0.3, -0.25) is 14.9 Å². The summed E-state index contributed by atoms with van der Waals surface area (Å²) >= 11 is 0. The standard InChI is InChI=1S/C17H23N3O2/c1-14(12-15-13-18-8-9-19-15)20(2)10-11-22-17-7-5-4-6-16(17)21-3/h4-9,13-14H,10-12H2,1-3H3/t14-/m0/s1. The Morgan fingerprint density at radius 3 is 2.64 bits per heavy atom. The maximum atomic E-state index is 5.80. The first-order chi connectivity index (χ1) is 10.7.